The Morgan fingerprint density at radius 1 is 1.07 bits per heavy atom. The summed E-state index contributed by atoms with van der Waals surface area (Å²) in [4.78, 5) is 28.5. The molecular formula is C20H18N4O3S. The van der Waals surface area contributed by atoms with Gasteiger partial charge in [-0.3, -0.25) is 25.8 Å². The van der Waals surface area contributed by atoms with Crippen LogP contribution < -0.4 is 10.9 Å². The Morgan fingerprint density at radius 3 is 2.61 bits per heavy atom. The molecule has 1 heterocycles. The van der Waals surface area contributed by atoms with Crippen LogP contribution in [0.1, 0.15) is 21.5 Å². The molecule has 0 saturated carbocycles. The van der Waals surface area contributed by atoms with Crippen molar-refractivity contribution in [1.29, 1.82) is 0 Å². The molecule has 0 spiro atoms. The molecule has 2 N–H and O–H groups in total. The van der Waals surface area contributed by atoms with Gasteiger partial charge < -0.3 is 0 Å². The van der Waals surface area contributed by atoms with Crippen molar-refractivity contribution in [3.8, 4) is 0 Å². The van der Waals surface area contributed by atoms with E-state index in [-0.39, 0.29) is 11.4 Å². The first-order valence-electron chi connectivity index (χ1n) is 8.45. The summed E-state index contributed by atoms with van der Waals surface area (Å²) in [7, 11) is 0. The number of rotatable bonds is 6. The molecule has 3 aromatic rings. The van der Waals surface area contributed by atoms with Crippen LogP contribution in [-0.4, -0.2) is 15.8 Å². The maximum absolute atomic E-state index is 12.6. The molecule has 7 nitrogen and oxygen atoms in total. The number of pyridine rings is 1. The van der Waals surface area contributed by atoms with Crippen LogP contribution in [0.3, 0.4) is 0 Å². The maximum Gasteiger partial charge on any atom is 0.294 e. The summed E-state index contributed by atoms with van der Waals surface area (Å²) in [6, 6.07) is 15.5. The highest BCUT2D eigenvalue weighted by molar-refractivity contribution is 7.99. The summed E-state index contributed by atoms with van der Waals surface area (Å²) in [6.45, 7) is 4.07. The Hall–Kier alpha value is -3.39. The number of hydrogen-bond donors (Lipinski definition) is 2. The van der Waals surface area contributed by atoms with Gasteiger partial charge in [0.2, 0.25) is 0 Å². The van der Waals surface area contributed by atoms with Crippen LogP contribution in [0.5, 0.6) is 0 Å². The van der Waals surface area contributed by atoms with Crippen molar-refractivity contribution in [3.05, 3.63) is 87.6 Å². The number of nitrogens with one attached hydrogen (secondary N) is 2. The van der Waals surface area contributed by atoms with Crippen LogP contribution in [0.2, 0.25) is 0 Å². The Labute approximate surface area is 166 Å². The minimum atomic E-state index is -0.514. The summed E-state index contributed by atoms with van der Waals surface area (Å²) in [5, 5.41) is 11.6. The van der Waals surface area contributed by atoms with Gasteiger partial charge in [0.15, 0.2) is 0 Å². The Morgan fingerprint density at radius 2 is 1.86 bits per heavy atom. The molecule has 2 aromatic carbocycles. The predicted octanol–water partition coefficient (Wildman–Crippen LogP) is 4.51. The van der Waals surface area contributed by atoms with Gasteiger partial charge >= 0.3 is 0 Å². The zero-order valence-corrected chi connectivity index (χ0v) is 16.1. The van der Waals surface area contributed by atoms with Gasteiger partial charge in [-0.1, -0.05) is 30.0 Å². The molecule has 142 valence electrons. The van der Waals surface area contributed by atoms with Crippen molar-refractivity contribution >= 4 is 29.0 Å². The highest BCUT2D eigenvalue weighted by Gasteiger charge is 2.16. The van der Waals surface area contributed by atoms with Gasteiger partial charge in [-0.25, -0.2) is 4.98 Å². The van der Waals surface area contributed by atoms with Crippen LogP contribution in [0.4, 0.5) is 11.4 Å². The molecule has 0 aliphatic carbocycles. The van der Waals surface area contributed by atoms with Crippen molar-refractivity contribution in [2.24, 2.45) is 0 Å². The minimum absolute atomic E-state index is 0.126. The van der Waals surface area contributed by atoms with E-state index in [1.54, 1.807) is 30.5 Å². The largest absolute Gasteiger partial charge is 0.294 e. The number of anilines is 1. The summed E-state index contributed by atoms with van der Waals surface area (Å²) < 4.78 is 0. The molecule has 0 saturated heterocycles. The van der Waals surface area contributed by atoms with Gasteiger partial charge in [0.05, 0.1) is 10.5 Å². The predicted molar refractivity (Wildman–Crippen MR) is 108 cm³/mol. The molecule has 0 bridgehead atoms. The van der Waals surface area contributed by atoms with Gasteiger partial charge in [0.25, 0.3) is 11.6 Å². The average molecular weight is 394 g/mol. The van der Waals surface area contributed by atoms with E-state index < -0.39 is 10.8 Å². The van der Waals surface area contributed by atoms with E-state index in [0.29, 0.717) is 10.6 Å². The second-order valence-electron chi connectivity index (χ2n) is 6.06. The fraction of sp³-hybridized carbons (Fsp3) is 0.100. The monoisotopic (exact) mass is 394 g/mol. The van der Waals surface area contributed by atoms with Gasteiger partial charge in [-0.15, -0.1) is 0 Å². The molecule has 0 atom stereocenters. The molecule has 8 heteroatoms. The first-order valence-corrected chi connectivity index (χ1v) is 9.27. The zero-order chi connectivity index (χ0) is 20.1. The Bertz CT molecular complexity index is 1040. The van der Waals surface area contributed by atoms with E-state index in [1.165, 1.54) is 29.5 Å². The molecule has 1 amide bonds. The fourth-order valence-corrected chi connectivity index (χ4v) is 3.44. The van der Waals surface area contributed by atoms with E-state index in [1.807, 2.05) is 32.0 Å². The van der Waals surface area contributed by atoms with Crippen LogP contribution in [0.25, 0.3) is 0 Å². The summed E-state index contributed by atoms with van der Waals surface area (Å²) in [5.41, 5.74) is 7.93. The third-order valence-corrected chi connectivity index (χ3v) is 5.13. The number of benzene rings is 2. The quantitative estimate of drug-likeness (QED) is 0.471. The fourth-order valence-electron chi connectivity index (χ4n) is 2.46. The number of hydrogen-bond acceptors (Lipinski definition) is 6. The van der Waals surface area contributed by atoms with E-state index in [2.05, 4.69) is 15.8 Å². The number of amides is 1. The highest BCUT2D eigenvalue weighted by Crippen LogP contribution is 2.30. The second kappa shape index (κ2) is 8.53. The molecule has 0 fully saturated rings. The van der Waals surface area contributed by atoms with E-state index in [4.69, 9.17) is 0 Å². The average Bonchev–Trinajstić information content (AvgIpc) is 2.69. The minimum Gasteiger partial charge on any atom is -0.292 e. The standard InChI is InChI=1S/C20H18N4O3S/c1-13-9-10-15(12-14(13)2)28-20-16(6-5-11-21-20)19(25)23-22-17-7-3-4-8-18(17)24(26)27/h3-12,22H,1-2H3,(H,23,25). The summed E-state index contributed by atoms with van der Waals surface area (Å²) in [5.74, 6) is -0.433. The van der Waals surface area contributed by atoms with E-state index in [0.717, 1.165) is 10.5 Å². The topological polar surface area (TPSA) is 97.2 Å². The number of carbonyl (C=O) groups is 1. The van der Waals surface area contributed by atoms with E-state index >= 15 is 0 Å². The van der Waals surface area contributed by atoms with Crippen molar-refractivity contribution in [2.45, 2.75) is 23.8 Å². The lowest BCUT2D eigenvalue weighted by atomic mass is 10.1. The molecular weight excluding hydrogens is 376 g/mol. The third kappa shape index (κ3) is 4.47. The van der Waals surface area contributed by atoms with Crippen LogP contribution >= 0.6 is 11.8 Å². The summed E-state index contributed by atoms with van der Waals surface area (Å²) in [6.07, 6.45) is 1.62. The molecule has 0 unspecified atom stereocenters. The van der Waals surface area contributed by atoms with Crippen molar-refractivity contribution in [2.75, 3.05) is 5.43 Å². The third-order valence-electron chi connectivity index (χ3n) is 4.12. The highest BCUT2D eigenvalue weighted by atomic mass is 32.2. The zero-order valence-electron chi connectivity index (χ0n) is 15.3. The lowest BCUT2D eigenvalue weighted by Crippen LogP contribution is -2.30. The number of aromatic nitrogens is 1. The smallest absolute Gasteiger partial charge is 0.292 e. The Balaban J connectivity index is 1.78. The number of aryl methyl sites for hydroxylation is 2. The number of para-hydroxylation sites is 2. The molecule has 28 heavy (non-hydrogen) atoms. The lowest BCUT2D eigenvalue weighted by molar-refractivity contribution is -0.384. The molecule has 0 aliphatic rings. The van der Waals surface area contributed by atoms with Gasteiger partial charge in [-0.2, -0.15) is 0 Å². The number of hydrazine groups is 1. The molecule has 3 rings (SSSR count). The number of carbonyl (C=O) groups excluding carboxylic acids is 1. The van der Waals surface area contributed by atoms with Gasteiger partial charge in [0, 0.05) is 17.2 Å². The number of nitro benzene ring substituents is 1. The van der Waals surface area contributed by atoms with Crippen LogP contribution in [-0.2, 0) is 0 Å². The molecule has 0 radical (unpaired) electrons. The summed E-state index contributed by atoms with van der Waals surface area (Å²) >= 11 is 1.39. The van der Waals surface area contributed by atoms with Gasteiger partial charge in [0.1, 0.15) is 10.7 Å². The number of nitrogens with zero attached hydrogens (tertiary/aromatic N) is 2. The SMILES string of the molecule is Cc1ccc(Sc2ncccc2C(=O)NNc2ccccc2[N+](=O)[O-])cc1C. The molecule has 1 aromatic heterocycles. The van der Waals surface area contributed by atoms with Crippen molar-refractivity contribution in [1.82, 2.24) is 10.4 Å². The van der Waals surface area contributed by atoms with Gasteiger partial charge in [-0.05, 0) is 55.3 Å². The van der Waals surface area contributed by atoms with Crippen LogP contribution in [0, 0.1) is 24.0 Å². The number of nitro groups is 1. The maximum atomic E-state index is 12.6. The van der Waals surface area contributed by atoms with E-state index in [9.17, 15) is 14.9 Å². The molecule has 0 aliphatic heterocycles. The van der Waals surface area contributed by atoms with Crippen molar-refractivity contribution in [3.63, 3.8) is 0 Å². The first-order chi connectivity index (χ1) is 13.5. The van der Waals surface area contributed by atoms with Crippen molar-refractivity contribution < 1.29 is 9.72 Å². The van der Waals surface area contributed by atoms with Crippen LogP contribution in [0.15, 0.2) is 70.7 Å². The normalized spacial score (nSPS) is 10.4. The Kier molecular flexibility index (Phi) is 5.90. The lowest BCUT2D eigenvalue weighted by Gasteiger charge is -2.11. The second-order valence-corrected chi connectivity index (χ2v) is 7.12. The first kappa shape index (κ1) is 19.4.